The van der Waals surface area contributed by atoms with Crippen LogP contribution in [0.3, 0.4) is 0 Å². The number of carbonyl (C=O) groups is 1. The van der Waals surface area contributed by atoms with E-state index in [-0.39, 0.29) is 29.1 Å². The number of carbonyl (C=O) groups excluding carboxylic acids is 1. The number of nitrogens with one attached hydrogen (secondary N) is 1. The number of benzene rings is 3. The van der Waals surface area contributed by atoms with E-state index < -0.39 is 10.9 Å². The summed E-state index contributed by atoms with van der Waals surface area (Å²) in [5, 5.41) is 26.2. The molecule has 0 saturated heterocycles. The number of non-ortho nitro benzene ring substituents is 1. The van der Waals surface area contributed by atoms with Crippen LogP contribution in [0.15, 0.2) is 66.7 Å². The smallest absolute Gasteiger partial charge is 0.269 e. The van der Waals surface area contributed by atoms with Gasteiger partial charge in [-0.3, -0.25) is 10.1 Å². The third kappa shape index (κ3) is 2.68. The largest absolute Gasteiger partial charge is 0.545 e. The van der Waals surface area contributed by atoms with Crippen LogP contribution in [0.1, 0.15) is 44.6 Å². The van der Waals surface area contributed by atoms with Crippen LogP contribution >= 0.6 is 0 Å². The summed E-state index contributed by atoms with van der Waals surface area (Å²) in [5.74, 6) is -0.984. The number of carboxylic acid groups (broad SMARTS) is 1. The maximum atomic E-state index is 11.7. The van der Waals surface area contributed by atoms with Crippen LogP contribution in [-0.4, -0.2) is 10.9 Å². The molecule has 3 atom stereocenters. The molecule has 3 aromatic carbocycles. The monoisotopic (exact) mass is 385 g/mol. The number of nitrogens with zero attached hydrogens (tertiary/aromatic N) is 1. The minimum atomic E-state index is -1.22. The molecule has 1 aliphatic heterocycles. The molecule has 29 heavy (non-hydrogen) atoms. The zero-order valence-electron chi connectivity index (χ0n) is 15.4. The molecule has 0 amide bonds. The molecular weight excluding hydrogens is 368 g/mol. The van der Waals surface area contributed by atoms with Crippen LogP contribution in [0.5, 0.6) is 0 Å². The third-order valence-electron chi connectivity index (χ3n) is 6.12. The highest BCUT2D eigenvalue weighted by molar-refractivity contribution is 5.94. The summed E-state index contributed by atoms with van der Waals surface area (Å²) in [5.41, 5.74) is 5.07. The summed E-state index contributed by atoms with van der Waals surface area (Å²) in [6.45, 7) is 0. The van der Waals surface area contributed by atoms with Gasteiger partial charge in [-0.15, -0.1) is 0 Å². The lowest BCUT2D eigenvalue weighted by Crippen LogP contribution is -2.33. The number of fused-ring (bicyclic) bond motifs is 5. The maximum absolute atomic E-state index is 11.7. The standard InChI is InChI=1S/C23H18N2O4/c26-23(27)18-7-3-6-17-20-16-5-2-1-4-14(16)12-19(20)21(24-22(17)18)13-8-10-15(11-9-13)25(28)29/h1-11,19-21,24H,12H2,(H,26,27)/p-1/t19-,20-,21-/m1/s1. The lowest BCUT2D eigenvalue weighted by atomic mass is 9.75. The van der Waals surface area contributed by atoms with Gasteiger partial charge in [0, 0.05) is 29.3 Å². The normalized spacial score (nSPS) is 21.4. The number of para-hydroxylation sites is 1. The molecule has 0 bridgehead atoms. The molecule has 1 aliphatic carbocycles. The number of nitro groups is 1. The number of aromatic carboxylic acids is 1. The summed E-state index contributed by atoms with van der Waals surface area (Å²) in [4.78, 5) is 22.3. The van der Waals surface area contributed by atoms with Crippen molar-refractivity contribution in [2.75, 3.05) is 5.32 Å². The van der Waals surface area contributed by atoms with Crippen LogP contribution < -0.4 is 10.4 Å². The van der Waals surface area contributed by atoms with Crippen molar-refractivity contribution in [1.82, 2.24) is 0 Å². The Labute approximate surface area is 167 Å². The Morgan fingerprint density at radius 3 is 2.41 bits per heavy atom. The molecule has 5 rings (SSSR count). The van der Waals surface area contributed by atoms with E-state index in [0.717, 1.165) is 17.5 Å². The molecule has 3 aromatic rings. The Kier molecular flexibility index (Phi) is 3.87. The summed E-state index contributed by atoms with van der Waals surface area (Å²) in [6, 6.07) is 19.9. The highest BCUT2D eigenvalue weighted by Crippen LogP contribution is 2.54. The second-order valence-electron chi connectivity index (χ2n) is 7.57. The number of carboxylic acids is 1. The van der Waals surface area contributed by atoms with Gasteiger partial charge in [0.15, 0.2) is 0 Å². The zero-order valence-corrected chi connectivity index (χ0v) is 15.4. The van der Waals surface area contributed by atoms with Gasteiger partial charge in [0.25, 0.3) is 5.69 Å². The van der Waals surface area contributed by atoms with Crippen molar-refractivity contribution >= 4 is 17.3 Å². The first-order valence-corrected chi connectivity index (χ1v) is 9.47. The quantitative estimate of drug-likeness (QED) is 0.550. The summed E-state index contributed by atoms with van der Waals surface area (Å²) >= 11 is 0. The number of hydrogen-bond acceptors (Lipinski definition) is 5. The zero-order chi connectivity index (χ0) is 20.1. The highest BCUT2D eigenvalue weighted by Gasteiger charge is 2.43. The topological polar surface area (TPSA) is 95.3 Å². The van der Waals surface area contributed by atoms with Crippen molar-refractivity contribution in [3.63, 3.8) is 0 Å². The first-order valence-electron chi connectivity index (χ1n) is 9.47. The number of hydrogen-bond donors (Lipinski definition) is 1. The molecule has 1 heterocycles. The second-order valence-corrected chi connectivity index (χ2v) is 7.57. The molecule has 0 fully saturated rings. The molecule has 0 spiro atoms. The minimum absolute atomic E-state index is 0.0339. The molecule has 6 heteroatoms. The van der Waals surface area contributed by atoms with E-state index in [0.29, 0.717) is 5.69 Å². The number of anilines is 1. The van der Waals surface area contributed by atoms with Crippen molar-refractivity contribution < 1.29 is 14.8 Å². The molecule has 2 aliphatic rings. The fourth-order valence-corrected chi connectivity index (χ4v) is 4.89. The number of rotatable bonds is 3. The summed E-state index contributed by atoms with van der Waals surface area (Å²) in [6.07, 6.45) is 0.852. The first-order chi connectivity index (χ1) is 14.0. The van der Waals surface area contributed by atoms with Crippen LogP contribution in [0.4, 0.5) is 11.4 Å². The second kappa shape index (κ2) is 6.44. The van der Waals surface area contributed by atoms with Gasteiger partial charge in [0.05, 0.1) is 16.9 Å². The van der Waals surface area contributed by atoms with Gasteiger partial charge in [-0.25, -0.2) is 0 Å². The Balaban J connectivity index is 1.67. The van der Waals surface area contributed by atoms with E-state index in [9.17, 15) is 20.0 Å². The van der Waals surface area contributed by atoms with E-state index in [2.05, 4.69) is 17.4 Å². The average Bonchev–Trinajstić information content (AvgIpc) is 3.12. The fraction of sp³-hybridized carbons (Fsp3) is 0.174. The SMILES string of the molecule is O=C([O-])c1cccc2c1N[C@H](c1ccc([N+](=O)[O-])cc1)[C@@H]1Cc3ccccc3[C@H]21. The minimum Gasteiger partial charge on any atom is -0.545 e. The van der Waals surface area contributed by atoms with Crippen molar-refractivity contribution in [2.45, 2.75) is 18.4 Å². The van der Waals surface area contributed by atoms with Gasteiger partial charge in [-0.05, 0) is 34.6 Å². The van der Waals surface area contributed by atoms with E-state index in [4.69, 9.17) is 0 Å². The maximum Gasteiger partial charge on any atom is 0.269 e. The van der Waals surface area contributed by atoms with Crippen LogP contribution in [0, 0.1) is 16.0 Å². The van der Waals surface area contributed by atoms with E-state index in [1.807, 2.05) is 18.2 Å². The predicted octanol–water partition coefficient (Wildman–Crippen LogP) is 3.43. The van der Waals surface area contributed by atoms with Gasteiger partial charge < -0.3 is 15.2 Å². The van der Waals surface area contributed by atoms with Crippen molar-refractivity contribution in [3.8, 4) is 0 Å². The molecule has 144 valence electrons. The van der Waals surface area contributed by atoms with Gasteiger partial charge in [-0.1, -0.05) is 54.6 Å². The van der Waals surface area contributed by atoms with Crippen LogP contribution in [0.2, 0.25) is 0 Å². The Morgan fingerprint density at radius 1 is 0.966 bits per heavy atom. The molecule has 0 aromatic heterocycles. The van der Waals surface area contributed by atoms with Crippen LogP contribution in [-0.2, 0) is 6.42 Å². The molecular formula is C23H17N2O4-. The molecule has 0 radical (unpaired) electrons. The van der Waals surface area contributed by atoms with Crippen molar-refractivity contribution in [3.05, 3.63) is 105 Å². The van der Waals surface area contributed by atoms with Crippen molar-refractivity contribution in [2.24, 2.45) is 5.92 Å². The Hall–Kier alpha value is -3.67. The Bertz CT molecular complexity index is 1140. The Morgan fingerprint density at radius 2 is 1.69 bits per heavy atom. The van der Waals surface area contributed by atoms with Gasteiger partial charge in [-0.2, -0.15) is 0 Å². The summed E-state index contributed by atoms with van der Waals surface area (Å²) < 4.78 is 0. The fourth-order valence-electron chi connectivity index (χ4n) is 4.89. The predicted molar refractivity (Wildman–Crippen MR) is 106 cm³/mol. The highest BCUT2D eigenvalue weighted by atomic mass is 16.6. The van der Waals surface area contributed by atoms with Gasteiger partial charge >= 0.3 is 0 Å². The van der Waals surface area contributed by atoms with Gasteiger partial charge in [0.1, 0.15) is 0 Å². The third-order valence-corrected chi connectivity index (χ3v) is 6.12. The average molecular weight is 385 g/mol. The molecule has 0 saturated carbocycles. The van der Waals surface area contributed by atoms with E-state index >= 15 is 0 Å². The van der Waals surface area contributed by atoms with Gasteiger partial charge in [0.2, 0.25) is 0 Å². The van der Waals surface area contributed by atoms with E-state index in [1.165, 1.54) is 23.3 Å². The summed E-state index contributed by atoms with van der Waals surface area (Å²) in [7, 11) is 0. The van der Waals surface area contributed by atoms with E-state index in [1.54, 1.807) is 24.3 Å². The molecule has 1 N–H and O–H groups in total. The van der Waals surface area contributed by atoms with Crippen LogP contribution in [0.25, 0.3) is 0 Å². The van der Waals surface area contributed by atoms with Crippen molar-refractivity contribution in [1.29, 1.82) is 0 Å². The molecule has 6 nitrogen and oxygen atoms in total. The number of nitro benzene ring substituents is 1. The molecule has 0 unspecified atom stereocenters. The lowest BCUT2D eigenvalue weighted by Gasteiger charge is -2.39. The first kappa shape index (κ1) is 17.4. The lowest BCUT2D eigenvalue weighted by molar-refractivity contribution is -0.384.